The van der Waals surface area contributed by atoms with E-state index in [9.17, 15) is 9.18 Å². The van der Waals surface area contributed by atoms with E-state index in [-0.39, 0.29) is 28.3 Å². The van der Waals surface area contributed by atoms with E-state index >= 15 is 0 Å². The van der Waals surface area contributed by atoms with Crippen LogP contribution in [0.1, 0.15) is 57.3 Å². The summed E-state index contributed by atoms with van der Waals surface area (Å²) in [4.78, 5) is 12.3. The van der Waals surface area contributed by atoms with Gasteiger partial charge in [-0.2, -0.15) is 0 Å². The third-order valence-corrected chi connectivity index (χ3v) is 4.56. The van der Waals surface area contributed by atoms with Crippen LogP contribution in [-0.2, 0) is 0 Å². The van der Waals surface area contributed by atoms with Gasteiger partial charge >= 0.3 is 0 Å². The summed E-state index contributed by atoms with van der Waals surface area (Å²) in [7, 11) is 0. The minimum Gasteiger partial charge on any atom is -0.349 e. The SMILES string of the molecule is CC1(C)CC(NC(=O)c2ccc(Br)cc2F)CC(C)(C)C1. The predicted molar refractivity (Wildman–Crippen MR) is 86.8 cm³/mol. The van der Waals surface area contributed by atoms with Gasteiger partial charge in [-0.3, -0.25) is 4.79 Å². The number of hydrogen-bond donors (Lipinski definition) is 1. The van der Waals surface area contributed by atoms with Crippen LogP contribution < -0.4 is 5.32 Å². The van der Waals surface area contributed by atoms with Gasteiger partial charge in [-0.15, -0.1) is 0 Å². The molecule has 1 N–H and O–H groups in total. The zero-order valence-corrected chi connectivity index (χ0v) is 14.7. The van der Waals surface area contributed by atoms with Crippen molar-refractivity contribution in [1.82, 2.24) is 5.32 Å². The number of carbonyl (C=O) groups is 1. The highest BCUT2D eigenvalue weighted by atomic mass is 79.9. The van der Waals surface area contributed by atoms with Gasteiger partial charge in [-0.25, -0.2) is 4.39 Å². The highest BCUT2D eigenvalue weighted by molar-refractivity contribution is 9.10. The van der Waals surface area contributed by atoms with Crippen molar-refractivity contribution in [3.8, 4) is 0 Å². The second-order valence-corrected chi connectivity index (χ2v) is 8.62. The lowest BCUT2D eigenvalue weighted by Crippen LogP contribution is -2.46. The first-order chi connectivity index (χ1) is 9.58. The summed E-state index contributed by atoms with van der Waals surface area (Å²) in [5, 5.41) is 3.01. The third-order valence-electron chi connectivity index (χ3n) is 4.07. The van der Waals surface area contributed by atoms with E-state index in [1.165, 1.54) is 12.1 Å². The van der Waals surface area contributed by atoms with Gasteiger partial charge in [0.2, 0.25) is 0 Å². The molecule has 4 heteroatoms. The molecule has 1 fully saturated rings. The van der Waals surface area contributed by atoms with Crippen molar-refractivity contribution >= 4 is 21.8 Å². The molecule has 0 unspecified atom stereocenters. The van der Waals surface area contributed by atoms with Crippen molar-refractivity contribution in [1.29, 1.82) is 0 Å². The Bertz CT molecular complexity index is 538. The summed E-state index contributed by atoms with van der Waals surface area (Å²) in [6.45, 7) is 8.92. The largest absolute Gasteiger partial charge is 0.349 e. The molecule has 0 spiro atoms. The third kappa shape index (κ3) is 4.29. The second kappa shape index (κ2) is 5.71. The fraction of sp³-hybridized carbons (Fsp3) is 0.588. The fourth-order valence-electron chi connectivity index (χ4n) is 3.88. The van der Waals surface area contributed by atoms with Crippen molar-refractivity contribution in [3.05, 3.63) is 34.1 Å². The Balaban J connectivity index is 2.12. The van der Waals surface area contributed by atoms with E-state index < -0.39 is 5.82 Å². The standard InChI is InChI=1S/C17H23BrFNO/c1-16(2)8-12(9-17(3,4)10-16)20-15(21)13-6-5-11(18)7-14(13)19/h5-7,12H,8-10H2,1-4H3,(H,20,21). The average molecular weight is 356 g/mol. The van der Waals surface area contributed by atoms with E-state index in [0.29, 0.717) is 4.47 Å². The number of hydrogen-bond acceptors (Lipinski definition) is 1. The van der Waals surface area contributed by atoms with Crippen molar-refractivity contribution in [2.75, 3.05) is 0 Å². The summed E-state index contributed by atoms with van der Waals surface area (Å²) >= 11 is 3.20. The molecule has 1 aliphatic carbocycles. The molecule has 116 valence electrons. The van der Waals surface area contributed by atoms with E-state index in [2.05, 4.69) is 48.9 Å². The van der Waals surface area contributed by atoms with Crippen molar-refractivity contribution in [2.24, 2.45) is 10.8 Å². The Morgan fingerprint density at radius 1 is 1.24 bits per heavy atom. The fourth-order valence-corrected chi connectivity index (χ4v) is 4.22. The monoisotopic (exact) mass is 355 g/mol. The molecule has 1 aliphatic rings. The van der Waals surface area contributed by atoms with Crippen LogP contribution in [0, 0.1) is 16.6 Å². The van der Waals surface area contributed by atoms with Crippen LogP contribution in [0.3, 0.4) is 0 Å². The lowest BCUT2D eigenvalue weighted by atomic mass is 9.63. The van der Waals surface area contributed by atoms with Crippen LogP contribution in [0.4, 0.5) is 4.39 Å². The highest BCUT2D eigenvalue weighted by Crippen LogP contribution is 2.45. The van der Waals surface area contributed by atoms with Gasteiger partial charge in [0.1, 0.15) is 5.82 Å². The Labute approximate surface area is 134 Å². The Morgan fingerprint density at radius 3 is 2.33 bits per heavy atom. The molecular weight excluding hydrogens is 333 g/mol. The summed E-state index contributed by atoms with van der Waals surface area (Å²) in [6.07, 6.45) is 3.00. The number of rotatable bonds is 2. The van der Waals surface area contributed by atoms with Crippen LogP contribution in [0.15, 0.2) is 22.7 Å². The molecule has 0 radical (unpaired) electrons. The topological polar surface area (TPSA) is 29.1 Å². The summed E-state index contributed by atoms with van der Waals surface area (Å²) in [5.74, 6) is -0.810. The maximum atomic E-state index is 13.9. The molecule has 0 aliphatic heterocycles. The minimum atomic E-state index is -0.490. The Morgan fingerprint density at radius 2 is 1.81 bits per heavy atom. The average Bonchev–Trinajstić information content (AvgIpc) is 2.23. The second-order valence-electron chi connectivity index (χ2n) is 7.71. The lowest BCUT2D eigenvalue weighted by Gasteiger charge is -2.45. The first-order valence-electron chi connectivity index (χ1n) is 7.34. The van der Waals surface area contributed by atoms with Crippen LogP contribution in [0.25, 0.3) is 0 Å². The van der Waals surface area contributed by atoms with E-state index in [1.54, 1.807) is 6.07 Å². The molecule has 0 saturated heterocycles. The number of halogens is 2. The minimum absolute atomic E-state index is 0.0966. The molecule has 1 amide bonds. The smallest absolute Gasteiger partial charge is 0.254 e. The zero-order chi connectivity index (χ0) is 15.8. The molecule has 1 aromatic carbocycles. The quantitative estimate of drug-likeness (QED) is 0.800. The molecule has 0 heterocycles. The number of carbonyl (C=O) groups excluding carboxylic acids is 1. The zero-order valence-electron chi connectivity index (χ0n) is 13.1. The van der Waals surface area contributed by atoms with Crippen LogP contribution in [0.5, 0.6) is 0 Å². The maximum Gasteiger partial charge on any atom is 0.254 e. The molecule has 1 aromatic rings. The van der Waals surface area contributed by atoms with E-state index in [1.807, 2.05) is 0 Å². The summed E-state index contributed by atoms with van der Waals surface area (Å²) in [5.41, 5.74) is 0.495. The first-order valence-corrected chi connectivity index (χ1v) is 8.13. The normalized spacial score (nSPS) is 21.0. The Kier molecular flexibility index (Phi) is 4.48. The summed E-state index contributed by atoms with van der Waals surface area (Å²) in [6, 6.07) is 4.63. The molecule has 0 bridgehead atoms. The molecule has 2 rings (SSSR count). The number of benzene rings is 1. The van der Waals surface area contributed by atoms with Gasteiger partial charge in [-0.05, 0) is 48.3 Å². The van der Waals surface area contributed by atoms with Crippen molar-refractivity contribution < 1.29 is 9.18 Å². The molecule has 0 atom stereocenters. The van der Waals surface area contributed by atoms with Crippen LogP contribution in [0.2, 0.25) is 0 Å². The predicted octanol–water partition coefficient (Wildman–Crippen LogP) is 4.92. The van der Waals surface area contributed by atoms with Gasteiger partial charge in [0.25, 0.3) is 5.91 Å². The Hall–Kier alpha value is -0.900. The first kappa shape index (κ1) is 16.5. The van der Waals surface area contributed by atoms with E-state index in [4.69, 9.17) is 0 Å². The van der Waals surface area contributed by atoms with E-state index in [0.717, 1.165) is 19.3 Å². The molecule has 1 saturated carbocycles. The van der Waals surface area contributed by atoms with Gasteiger partial charge < -0.3 is 5.32 Å². The van der Waals surface area contributed by atoms with Crippen LogP contribution in [-0.4, -0.2) is 11.9 Å². The molecular formula is C17H23BrFNO. The lowest BCUT2D eigenvalue weighted by molar-refractivity contribution is 0.0711. The molecule has 2 nitrogen and oxygen atoms in total. The van der Waals surface area contributed by atoms with Gasteiger partial charge in [0.05, 0.1) is 5.56 Å². The van der Waals surface area contributed by atoms with Gasteiger partial charge in [0.15, 0.2) is 0 Å². The number of amides is 1. The highest BCUT2D eigenvalue weighted by Gasteiger charge is 2.39. The number of nitrogens with one attached hydrogen (secondary N) is 1. The van der Waals surface area contributed by atoms with Crippen LogP contribution >= 0.6 is 15.9 Å². The van der Waals surface area contributed by atoms with Gasteiger partial charge in [-0.1, -0.05) is 43.6 Å². The van der Waals surface area contributed by atoms with Crippen molar-refractivity contribution in [3.63, 3.8) is 0 Å². The van der Waals surface area contributed by atoms with Gasteiger partial charge in [0, 0.05) is 10.5 Å². The van der Waals surface area contributed by atoms with Crippen molar-refractivity contribution in [2.45, 2.75) is 53.0 Å². The summed E-state index contributed by atoms with van der Waals surface area (Å²) < 4.78 is 14.5. The molecule has 0 aromatic heterocycles. The molecule has 21 heavy (non-hydrogen) atoms. The maximum absolute atomic E-state index is 13.9.